The Hall–Kier alpha value is -3.73. The number of aryl methyl sites for hydroxylation is 1. The maximum Gasteiger partial charge on any atom is 0.417 e. The van der Waals surface area contributed by atoms with Gasteiger partial charge in [0.05, 0.1) is 5.56 Å². The minimum Gasteiger partial charge on any atom is -0.396 e. The van der Waals surface area contributed by atoms with Crippen LogP contribution in [-0.2, 0) is 26.3 Å². The lowest BCUT2D eigenvalue weighted by Gasteiger charge is -2.15. The van der Waals surface area contributed by atoms with E-state index in [1.165, 1.54) is 54.1 Å². The van der Waals surface area contributed by atoms with Gasteiger partial charge in [-0.3, -0.25) is 13.9 Å². The monoisotopic (exact) mass is 476 g/mol. The number of hydrogen-bond acceptors (Lipinski definition) is 4. The summed E-state index contributed by atoms with van der Waals surface area (Å²) >= 11 is 0. The number of aliphatic hydroxyl groups excluding tert-OH is 1. The molecule has 0 saturated heterocycles. The highest BCUT2D eigenvalue weighted by Gasteiger charge is 2.35. The lowest BCUT2D eigenvalue weighted by atomic mass is 10.1. The van der Waals surface area contributed by atoms with E-state index in [1.54, 1.807) is 0 Å². The van der Waals surface area contributed by atoms with Gasteiger partial charge in [0, 0.05) is 32.3 Å². The molecule has 0 radical (unpaired) electrons. The SMILES string of the molecule is Cn1c(=O)n(CCCO)c(=O)c2c1nc(-c1ccccc1C(F)(F)F)n2Cc1ccc(F)cc1. The summed E-state index contributed by atoms with van der Waals surface area (Å²) in [6, 6.07) is 10.1. The molecule has 0 spiro atoms. The van der Waals surface area contributed by atoms with Gasteiger partial charge in [-0.05, 0) is 30.2 Å². The van der Waals surface area contributed by atoms with Gasteiger partial charge in [-0.25, -0.2) is 14.2 Å². The number of imidazole rings is 1. The molecule has 34 heavy (non-hydrogen) atoms. The van der Waals surface area contributed by atoms with Crippen molar-refractivity contribution in [2.75, 3.05) is 6.61 Å². The smallest absolute Gasteiger partial charge is 0.396 e. The third kappa shape index (κ3) is 4.14. The highest BCUT2D eigenvalue weighted by atomic mass is 19.4. The first-order valence-electron chi connectivity index (χ1n) is 10.4. The Kier molecular flexibility index (Phi) is 6.13. The second-order valence-electron chi connectivity index (χ2n) is 7.74. The third-order valence-electron chi connectivity index (χ3n) is 5.50. The minimum absolute atomic E-state index is 0.0728. The summed E-state index contributed by atoms with van der Waals surface area (Å²) in [5, 5.41) is 9.14. The van der Waals surface area contributed by atoms with Crippen LogP contribution >= 0.6 is 0 Å². The average molecular weight is 476 g/mol. The highest BCUT2D eigenvalue weighted by Crippen LogP contribution is 2.37. The zero-order valence-corrected chi connectivity index (χ0v) is 18.0. The molecule has 1 N–H and O–H groups in total. The number of aliphatic hydroxyl groups is 1. The molecule has 0 bridgehead atoms. The lowest BCUT2D eigenvalue weighted by molar-refractivity contribution is -0.137. The largest absolute Gasteiger partial charge is 0.417 e. The van der Waals surface area contributed by atoms with Crippen LogP contribution in [0, 0.1) is 5.82 Å². The van der Waals surface area contributed by atoms with E-state index in [-0.39, 0.29) is 48.7 Å². The molecule has 4 aromatic rings. The van der Waals surface area contributed by atoms with Gasteiger partial charge in [0.15, 0.2) is 11.2 Å². The van der Waals surface area contributed by atoms with Crippen molar-refractivity contribution in [3.05, 3.63) is 86.3 Å². The molecular weight excluding hydrogens is 456 g/mol. The second-order valence-corrected chi connectivity index (χ2v) is 7.74. The van der Waals surface area contributed by atoms with Crippen molar-refractivity contribution in [2.45, 2.75) is 25.7 Å². The average Bonchev–Trinajstić information content (AvgIpc) is 3.18. The first-order valence-corrected chi connectivity index (χ1v) is 10.4. The van der Waals surface area contributed by atoms with Gasteiger partial charge in [-0.15, -0.1) is 0 Å². The van der Waals surface area contributed by atoms with Gasteiger partial charge in [0.25, 0.3) is 5.56 Å². The number of halogens is 4. The minimum atomic E-state index is -4.69. The quantitative estimate of drug-likeness (QED) is 0.434. The predicted molar refractivity (Wildman–Crippen MR) is 117 cm³/mol. The first-order chi connectivity index (χ1) is 16.1. The maximum atomic E-state index is 13.8. The van der Waals surface area contributed by atoms with Crippen molar-refractivity contribution in [3.63, 3.8) is 0 Å². The third-order valence-corrected chi connectivity index (χ3v) is 5.50. The van der Waals surface area contributed by atoms with E-state index in [2.05, 4.69) is 4.98 Å². The van der Waals surface area contributed by atoms with Crippen LogP contribution in [0.5, 0.6) is 0 Å². The van der Waals surface area contributed by atoms with Crippen LogP contribution in [0.1, 0.15) is 17.5 Å². The normalized spacial score (nSPS) is 11.9. The molecule has 0 aliphatic carbocycles. The topological polar surface area (TPSA) is 82.0 Å². The van der Waals surface area contributed by atoms with E-state index in [0.717, 1.165) is 15.2 Å². The van der Waals surface area contributed by atoms with Crippen molar-refractivity contribution < 1.29 is 22.7 Å². The van der Waals surface area contributed by atoms with Gasteiger partial charge in [0.2, 0.25) is 0 Å². The number of benzene rings is 2. The molecule has 0 unspecified atom stereocenters. The summed E-state index contributed by atoms with van der Waals surface area (Å²) in [6.07, 6.45) is -4.56. The Morgan fingerprint density at radius 1 is 1.00 bits per heavy atom. The molecule has 0 aliphatic rings. The molecule has 11 heteroatoms. The molecule has 0 aliphatic heterocycles. The van der Waals surface area contributed by atoms with Crippen LogP contribution in [0.15, 0.2) is 58.1 Å². The number of nitrogens with zero attached hydrogens (tertiary/aromatic N) is 4. The van der Waals surface area contributed by atoms with E-state index in [4.69, 9.17) is 5.11 Å². The van der Waals surface area contributed by atoms with E-state index in [1.807, 2.05) is 0 Å². The highest BCUT2D eigenvalue weighted by molar-refractivity contribution is 5.78. The fourth-order valence-electron chi connectivity index (χ4n) is 3.85. The van der Waals surface area contributed by atoms with Crippen LogP contribution in [-0.4, -0.2) is 30.4 Å². The fourth-order valence-corrected chi connectivity index (χ4v) is 3.85. The molecule has 0 fully saturated rings. The van der Waals surface area contributed by atoms with E-state index in [0.29, 0.717) is 5.56 Å². The molecule has 0 atom stereocenters. The van der Waals surface area contributed by atoms with Crippen LogP contribution in [0.25, 0.3) is 22.6 Å². The molecule has 0 saturated carbocycles. The number of aromatic nitrogens is 4. The molecule has 2 heterocycles. The Balaban J connectivity index is 2.08. The zero-order chi connectivity index (χ0) is 24.6. The van der Waals surface area contributed by atoms with Crippen molar-refractivity contribution in [2.24, 2.45) is 7.05 Å². The molecule has 2 aromatic heterocycles. The Labute approximate surface area is 190 Å². The first kappa shape index (κ1) is 23.4. The summed E-state index contributed by atoms with van der Waals surface area (Å²) < 4.78 is 58.1. The Morgan fingerprint density at radius 2 is 1.68 bits per heavy atom. The van der Waals surface area contributed by atoms with Crippen molar-refractivity contribution in [1.29, 1.82) is 0 Å². The van der Waals surface area contributed by atoms with Crippen molar-refractivity contribution in [3.8, 4) is 11.4 Å². The Bertz CT molecular complexity index is 1470. The zero-order valence-electron chi connectivity index (χ0n) is 18.0. The van der Waals surface area contributed by atoms with Gasteiger partial charge in [0.1, 0.15) is 11.6 Å². The van der Waals surface area contributed by atoms with Crippen molar-refractivity contribution >= 4 is 11.2 Å². The maximum absolute atomic E-state index is 13.8. The van der Waals surface area contributed by atoms with Gasteiger partial charge < -0.3 is 9.67 Å². The predicted octanol–water partition coefficient (Wildman–Crippen LogP) is 3.15. The van der Waals surface area contributed by atoms with Crippen LogP contribution in [0.4, 0.5) is 17.6 Å². The molecule has 7 nitrogen and oxygen atoms in total. The molecule has 178 valence electrons. The Morgan fingerprint density at radius 3 is 2.32 bits per heavy atom. The van der Waals surface area contributed by atoms with Gasteiger partial charge >= 0.3 is 11.9 Å². The molecule has 2 aromatic carbocycles. The second kappa shape index (κ2) is 8.90. The summed E-state index contributed by atoms with van der Waals surface area (Å²) in [5.41, 5.74) is -2.29. The van der Waals surface area contributed by atoms with E-state index in [9.17, 15) is 27.2 Å². The summed E-state index contributed by atoms with van der Waals surface area (Å²) in [5.74, 6) is -0.644. The van der Waals surface area contributed by atoms with Gasteiger partial charge in [-0.2, -0.15) is 13.2 Å². The van der Waals surface area contributed by atoms with Crippen LogP contribution in [0.3, 0.4) is 0 Å². The van der Waals surface area contributed by atoms with E-state index < -0.39 is 28.8 Å². The molecular formula is C23H20F4N4O3. The summed E-state index contributed by atoms with van der Waals surface area (Å²) in [7, 11) is 1.37. The number of rotatable bonds is 6. The number of alkyl halides is 3. The number of fused-ring (bicyclic) bond motifs is 1. The van der Waals surface area contributed by atoms with Crippen molar-refractivity contribution in [1.82, 2.24) is 18.7 Å². The van der Waals surface area contributed by atoms with Crippen LogP contribution < -0.4 is 11.2 Å². The standard InChI is InChI=1S/C23H20F4N4O3/c1-29-20-18(21(33)30(22(29)34)11-4-12-32)31(13-14-7-9-15(24)10-8-14)19(28-20)16-5-2-3-6-17(16)23(25,26)27/h2-3,5-10,32H,4,11-13H2,1H3. The fraction of sp³-hybridized carbons (Fsp3) is 0.261. The van der Waals surface area contributed by atoms with Gasteiger partial charge in [-0.1, -0.05) is 30.3 Å². The van der Waals surface area contributed by atoms with Crippen LogP contribution in [0.2, 0.25) is 0 Å². The summed E-state index contributed by atoms with van der Waals surface area (Å²) in [4.78, 5) is 30.4. The summed E-state index contributed by atoms with van der Waals surface area (Å²) in [6.45, 7) is -0.424. The van der Waals surface area contributed by atoms with E-state index >= 15 is 0 Å². The lowest BCUT2D eigenvalue weighted by Crippen LogP contribution is -2.39. The molecule has 4 rings (SSSR count). The number of hydrogen-bond donors (Lipinski definition) is 1. The molecule has 0 amide bonds.